The van der Waals surface area contributed by atoms with Crippen LogP contribution in [-0.4, -0.2) is 5.91 Å². The van der Waals surface area contributed by atoms with Crippen molar-refractivity contribution < 1.29 is 9.21 Å². The van der Waals surface area contributed by atoms with Crippen molar-refractivity contribution in [1.29, 1.82) is 0 Å². The molecule has 0 spiro atoms. The second-order valence-electron chi connectivity index (χ2n) is 6.31. The van der Waals surface area contributed by atoms with Gasteiger partial charge in [-0.25, -0.2) is 0 Å². The third-order valence-electron chi connectivity index (χ3n) is 4.00. The lowest BCUT2D eigenvalue weighted by atomic mass is 10.0. The topological polar surface area (TPSA) is 42.2 Å². The van der Waals surface area contributed by atoms with Crippen molar-refractivity contribution in [2.75, 3.05) is 5.32 Å². The Bertz CT molecular complexity index is 906. The van der Waals surface area contributed by atoms with E-state index in [1.807, 2.05) is 60.7 Å². The fourth-order valence-corrected chi connectivity index (χ4v) is 2.63. The van der Waals surface area contributed by atoms with Gasteiger partial charge in [-0.3, -0.25) is 4.79 Å². The summed E-state index contributed by atoms with van der Waals surface area (Å²) >= 11 is 5.89. The molecule has 2 aromatic carbocycles. The van der Waals surface area contributed by atoms with Gasteiger partial charge in [-0.05, 0) is 66.1 Å². The SMILES string of the molecule is CC(C)c1ccc(NC(=O)/C=C/c2ccc(-c3ccc(Cl)cc3)o2)cc1. The molecule has 0 radical (unpaired) electrons. The van der Waals surface area contributed by atoms with Crippen molar-refractivity contribution in [2.24, 2.45) is 0 Å². The number of rotatable bonds is 5. The molecule has 1 aromatic heterocycles. The highest BCUT2D eigenvalue weighted by Gasteiger charge is 2.04. The Labute approximate surface area is 158 Å². The molecule has 1 amide bonds. The predicted octanol–water partition coefficient (Wildman–Crippen LogP) is 6.38. The highest BCUT2D eigenvalue weighted by molar-refractivity contribution is 6.30. The van der Waals surface area contributed by atoms with Gasteiger partial charge in [-0.2, -0.15) is 0 Å². The van der Waals surface area contributed by atoms with Crippen LogP contribution in [-0.2, 0) is 4.79 Å². The van der Waals surface area contributed by atoms with Crippen LogP contribution in [0.5, 0.6) is 0 Å². The minimum atomic E-state index is -0.202. The Kier molecular flexibility index (Phi) is 5.59. The molecule has 3 rings (SSSR count). The number of amides is 1. The number of nitrogens with one attached hydrogen (secondary N) is 1. The van der Waals surface area contributed by atoms with Crippen LogP contribution in [0.2, 0.25) is 5.02 Å². The molecule has 0 unspecified atom stereocenters. The summed E-state index contributed by atoms with van der Waals surface area (Å²) < 4.78 is 5.74. The van der Waals surface area contributed by atoms with Gasteiger partial charge < -0.3 is 9.73 Å². The van der Waals surface area contributed by atoms with Crippen molar-refractivity contribution in [2.45, 2.75) is 19.8 Å². The van der Waals surface area contributed by atoms with Crippen molar-refractivity contribution in [3.8, 4) is 11.3 Å². The Morgan fingerprint density at radius 1 is 1.00 bits per heavy atom. The molecule has 0 aliphatic heterocycles. The largest absolute Gasteiger partial charge is 0.457 e. The summed E-state index contributed by atoms with van der Waals surface area (Å²) in [6.45, 7) is 4.27. The van der Waals surface area contributed by atoms with Crippen LogP contribution in [0, 0.1) is 0 Å². The Morgan fingerprint density at radius 3 is 2.35 bits per heavy atom. The summed E-state index contributed by atoms with van der Waals surface area (Å²) in [6, 6.07) is 19.0. The minimum Gasteiger partial charge on any atom is -0.457 e. The number of carbonyl (C=O) groups excluding carboxylic acids is 1. The van der Waals surface area contributed by atoms with Gasteiger partial charge in [-0.15, -0.1) is 0 Å². The van der Waals surface area contributed by atoms with E-state index in [1.54, 1.807) is 6.08 Å². The van der Waals surface area contributed by atoms with E-state index in [0.29, 0.717) is 16.7 Å². The summed E-state index contributed by atoms with van der Waals surface area (Å²) in [4.78, 5) is 12.1. The van der Waals surface area contributed by atoms with Crippen molar-refractivity contribution in [3.05, 3.63) is 83.1 Å². The molecule has 3 aromatic rings. The fourth-order valence-electron chi connectivity index (χ4n) is 2.50. The highest BCUT2D eigenvalue weighted by atomic mass is 35.5. The molecule has 4 heteroatoms. The van der Waals surface area contributed by atoms with Gasteiger partial charge >= 0.3 is 0 Å². The summed E-state index contributed by atoms with van der Waals surface area (Å²) in [6.07, 6.45) is 3.11. The van der Waals surface area contributed by atoms with E-state index in [4.69, 9.17) is 16.0 Å². The number of hydrogen-bond acceptors (Lipinski definition) is 2. The second-order valence-corrected chi connectivity index (χ2v) is 6.74. The normalized spacial score (nSPS) is 11.2. The zero-order chi connectivity index (χ0) is 18.5. The third kappa shape index (κ3) is 4.64. The molecule has 3 nitrogen and oxygen atoms in total. The zero-order valence-electron chi connectivity index (χ0n) is 14.7. The monoisotopic (exact) mass is 365 g/mol. The molecule has 132 valence electrons. The number of carbonyl (C=O) groups is 1. The van der Waals surface area contributed by atoms with Crippen LogP contribution >= 0.6 is 11.6 Å². The van der Waals surface area contributed by atoms with Gasteiger partial charge in [0.05, 0.1) is 0 Å². The average Bonchev–Trinajstić information content (AvgIpc) is 3.10. The molecule has 26 heavy (non-hydrogen) atoms. The van der Waals surface area contributed by atoms with Gasteiger partial charge in [0.1, 0.15) is 11.5 Å². The molecule has 0 aliphatic rings. The molecule has 1 heterocycles. The number of anilines is 1. The second kappa shape index (κ2) is 8.07. The molecule has 0 saturated heterocycles. The molecule has 0 saturated carbocycles. The first-order valence-electron chi connectivity index (χ1n) is 8.46. The zero-order valence-corrected chi connectivity index (χ0v) is 15.5. The van der Waals surface area contributed by atoms with Gasteiger partial charge in [0.25, 0.3) is 0 Å². The summed E-state index contributed by atoms with van der Waals surface area (Å²) in [5.74, 6) is 1.60. The standard InChI is InChI=1S/C22H20ClNO2/c1-15(2)16-5-9-19(10-6-16)24-22(25)14-12-20-11-13-21(26-20)17-3-7-18(23)8-4-17/h3-15H,1-2H3,(H,24,25)/b14-12+. The molecule has 0 bridgehead atoms. The maximum Gasteiger partial charge on any atom is 0.248 e. The van der Waals surface area contributed by atoms with Gasteiger partial charge in [0.2, 0.25) is 5.91 Å². The van der Waals surface area contributed by atoms with Crippen LogP contribution in [0.4, 0.5) is 5.69 Å². The van der Waals surface area contributed by atoms with Crippen LogP contribution in [0.3, 0.4) is 0 Å². The van der Waals surface area contributed by atoms with Gasteiger partial charge in [-0.1, -0.05) is 37.6 Å². The number of benzene rings is 2. The van der Waals surface area contributed by atoms with Crippen molar-refractivity contribution in [3.63, 3.8) is 0 Å². The quantitative estimate of drug-likeness (QED) is 0.533. The lowest BCUT2D eigenvalue weighted by Crippen LogP contribution is -2.07. The molecule has 0 fully saturated rings. The Hall–Kier alpha value is -2.78. The first-order valence-corrected chi connectivity index (χ1v) is 8.84. The smallest absolute Gasteiger partial charge is 0.248 e. The average molecular weight is 366 g/mol. The Morgan fingerprint density at radius 2 is 1.69 bits per heavy atom. The van der Waals surface area contributed by atoms with Crippen LogP contribution in [0.1, 0.15) is 31.1 Å². The van der Waals surface area contributed by atoms with Crippen molar-refractivity contribution in [1.82, 2.24) is 0 Å². The van der Waals surface area contributed by atoms with Crippen LogP contribution < -0.4 is 5.32 Å². The molecule has 0 aliphatic carbocycles. The predicted molar refractivity (Wildman–Crippen MR) is 107 cm³/mol. The van der Waals surface area contributed by atoms with E-state index in [0.717, 1.165) is 17.0 Å². The third-order valence-corrected chi connectivity index (χ3v) is 4.25. The van der Waals surface area contributed by atoms with E-state index in [2.05, 4.69) is 19.2 Å². The first kappa shape index (κ1) is 18.0. The van der Waals surface area contributed by atoms with Crippen molar-refractivity contribution >= 4 is 29.3 Å². The number of hydrogen-bond donors (Lipinski definition) is 1. The molecule has 0 atom stereocenters. The van der Waals surface area contributed by atoms with Gasteiger partial charge in [0.15, 0.2) is 0 Å². The van der Waals surface area contributed by atoms with E-state index < -0.39 is 0 Å². The van der Waals surface area contributed by atoms with Crippen LogP contribution in [0.25, 0.3) is 17.4 Å². The highest BCUT2D eigenvalue weighted by Crippen LogP contribution is 2.24. The maximum atomic E-state index is 12.1. The summed E-state index contributed by atoms with van der Waals surface area (Å²) in [7, 11) is 0. The summed E-state index contributed by atoms with van der Waals surface area (Å²) in [5.41, 5.74) is 2.94. The van der Waals surface area contributed by atoms with E-state index in [-0.39, 0.29) is 5.91 Å². The Balaban J connectivity index is 1.62. The number of halogens is 1. The van der Waals surface area contributed by atoms with Gasteiger partial charge in [0, 0.05) is 22.3 Å². The molecule has 1 N–H and O–H groups in total. The summed E-state index contributed by atoms with van der Waals surface area (Å²) in [5, 5.41) is 3.52. The van der Waals surface area contributed by atoms with E-state index in [1.165, 1.54) is 11.6 Å². The first-order chi connectivity index (χ1) is 12.5. The van der Waals surface area contributed by atoms with E-state index in [9.17, 15) is 4.79 Å². The molecular weight excluding hydrogens is 346 g/mol. The number of furan rings is 1. The maximum absolute atomic E-state index is 12.1. The lowest BCUT2D eigenvalue weighted by molar-refractivity contribution is -0.111. The lowest BCUT2D eigenvalue weighted by Gasteiger charge is -2.07. The van der Waals surface area contributed by atoms with Crippen LogP contribution in [0.15, 0.2) is 71.2 Å². The molecular formula is C22H20ClNO2. The minimum absolute atomic E-state index is 0.202. The fraction of sp³-hybridized carbons (Fsp3) is 0.136. The van der Waals surface area contributed by atoms with E-state index >= 15 is 0 Å².